The first kappa shape index (κ1) is 32.2. The van der Waals surface area contributed by atoms with Crippen LogP contribution in [0.4, 0.5) is 0 Å². The van der Waals surface area contributed by atoms with E-state index >= 15 is 0 Å². The zero-order chi connectivity index (χ0) is 24.1. The van der Waals surface area contributed by atoms with Gasteiger partial charge in [0.2, 0.25) is 0 Å². The van der Waals surface area contributed by atoms with Gasteiger partial charge in [0.1, 0.15) is 0 Å². The maximum absolute atomic E-state index is 11.6. The molecule has 0 N–H and O–H groups in total. The lowest BCUT2D eigenvalue weighted by atomic mass is 10.0. The largest absolute Gasteiger partial charge is 0.466 e. The Labute approximate surface area is 208 Å². The van der Waals surface area contributed by atoms with Crippen molar-refractivity contribution in [1.29, 1.82) is 0 Å². The van der Waals surface area contributed by atoms with Crippen LogP contribution in [0, 0.1) is 0 Å². The van der Waals surface area contributed by atoms with Crippen molar-refractivity contribution in [2.24, 2.45) is 0 Å². The highest BCUT2D eigenvalue weighted by Crippen LogP contribution is 2.15. The van der Waals surface area contributed by atoms with Gasteiger partial charge in [-0.25, -0.2) is 0 Å². The molecule has 0 rings (SSSR count). The second-order valence-corrected chi connectivity index (χ2v) is 10.1. The molecule has 0 radical (unpaired) electrons. The van der Waals surface area contributed by atoms with Crippen molar-refractivity contribution in [2.45, 2.75) is 174 Å². The monoisotopic (exact) mass is 464 g/mol. The highest BCUT2D eigenvalue weighted by atomic mass is 16.5. The maximum atomic E-state index is 11.6. The van der Waals surface area contributed by atoms with Crippen LogP contribution < -0.4 is 0 Å². The number of hydrogen-bond donors (Lipinski definition) is 0. The molecule has 0 aliphatic carbocycles. The van der Waals surface area contributed by atoms with E-state index in [1.54, 1.807) is 0 Å². The van der Waals surface area contributed by atoms with Gasteiger partial charge < -0.3 is 4.74 Å². The predicted octanol–water partition coefficient (Wildman–Crippen LogP) is 10.9. The number of carbonyl (C=O) groups is 1. The summed E-state index contributed by atoms with van der Waals surface area (Å²) >= 11 is 0. The first-order valence-electron chi connectivity index (χ1n) is 15.1. The second-order valence-electron chi connectivity index (χ2n) is 10.1. The molecule has 0 saturated heterocycles. The van der Waals surface area contributed by atoms with Crippen LogP contribution in [0.1, 0.15) is 174 Å². The highest BCUT2D eigenvalue weighted by Gasteiger charge is 2.02. The summed E-state index contributed by atoms with van der Waals surface area (Å²) in [7, 11) is 0. The second kappa shape index (κ2) is 29.2. The van der Waals surface area contributed by atoms with E-state index in [0.29, 0.717) is 13.0 Å². The Morgan fingerprint density at radius 2 is 0.909 bits per heavy atom. The van der Waals surface area contributed by atoms with Crippen molar-refractivity contribution >= 4 is 5.97 Å². The van der Waals surface area contributed by atoms with Crippen LogP contribution in [-0.2, 0) is 9.53 Å². The minimum atomic E-state index is -0.0105. The number of ether oxygens (including phenoxy) is 1. The summed E-state index contributed by atoms with van der Waals surface area (Å²) in [5, 5.41) is 0. The van der Waals surface area contributed by atoms with Crippen LogP contribution in [0.15, 0.2) is 12.2 Å². The van der Waals surface area contributed by atoms with Gasteiger partial charge in [-0.1, -0.05) is 154 Å². The van der Waals surface area contributed by atoms with Crippen molar-refractivity contribution in [3.05, 3.63) is 12.2 Å². The molecule has 0 saturated carbocycles. The Kier molecular flexibility index (Phi) is 28.5. The van der Waals surface area contributed by atoms with E-state index in [1.807, 2.05) is 13.0 Å². The summed E-state index contributed by atoms with van der Waals surface area (Å²) in [6.07, 6.45) is 37.4. The van der Waals surface area contributed by atoms with Gasteiger partial charge in [0.05, 0.1) is 6.61 Å². The van der Waals surface area contributed by atoms with E-state index in [4.69, 9.17) is 4.74 Å². The van der Waals surface area contributed by atoms with E-state index in [0.717, 1.165) is 19.3 Å². The molecule has 0 aromatic heterocycles. The molecular formula is C31H60O2. The van der Waals surface area contributed by atoms with Crippen LogP contribution >= 0.6 is 0 Å². The third-order valence-corrected chi connectivity index (χ3v) is 6.75. The number of hydrogen-bond acceptors (Lipinski definition) is 2. The Morgan fingerprint density at radius 1 is 0.545 bits per heavy atom. The average molecular weight is 465 g/mol. The quantitative estimate of drug-likeness (QED) is 0.0686. The van der Waals surface area contributed by atoms with Gasteiger partial charge in [-0.05, 0) is 26.2 Å². The third kappa shape index (κ3) is 29.2. The summed E-state index contributed by atoms with van der Waals surface area (Å²) in [5.41, 5.74) is 0. The van der Waals surface area contributed by atoms with Crippen molar-refractivity contribution < 1.29 is 9.53 Å². The Bertz CT molecular complexity index is 402. The molecule has 196 valence electrons. The maximum Gasteiger partial charge on any atom is 0.305 e. The van der Waals surface area contributed by atoms with E-state index in [2.05, 4.69) is 13.0 Å². The fourth-order valence-corrected chi connectivity index (χ4v) is 4.50. The number of carbonyl (C=O) groups excluding carboxylic acids is 1. The molecule has 0 unspecified atom stereocenters. The van der Waals surface area contributed by atoms with Crippen LogP contribution in [0.25, 0.3) is 0 Å². The number of unbranched alkanes of at least 4 members (excludes halogenated alkanes) is 22. The SMILES string of the molecule is C/C=C/CCCOC(=O)CCCCCCCCCCCCCCCCCCCCCCCC. The molecule has 0 heterocycles. The molecule has 2 nitrogen and oxygen atoms in total. The smallest absolute Gasteiger partial charge is 0.305 e. The van der Waals surface area contributed by atoms with E-state index < -0.39 is 0 Å². The van der Waals surface area contributed by atoms with Gasteiger partial charge in [-0.2, -0.15) is 0 Å². The fourth-order valence-electron chi connectivity index (χ4n) is 4.50. The molecule has 2 heteroatoms. The van der Waals surface area contributed by atoms with Crippen molar-refractivity contribution in [2.75, 3.05) is 6.61 Å². The standard InChI is InChI=1S/C31H60O2/c1-3-5-7-9-10-11-12-13-14-15-16-17-18-19-20-21-22-23-24-25-26-27-29-31(32)33-30-28-8-6-4-2/h4,6H,3,5,7-30H2,1-2H3/b6-4+. The lowest BCUT2D eigenvalue weighted by Gasteiger charge is -2.05. The van der Waals surface area contributed by atoms with E-state index in [1.165, 1.54) is 135 Å². The minimum absolute atomic E-state index is 0.0105. The predicted molar refractivity (Wildman–Crippen MR) is 147 cm³/mol. The zero-order valence-corrected chi connectivity index (χ0v) is 22.9. The molecule has 0 aromatic rings. The zero-order valence-electron chi connectivity index (χ0n) is 22.9. The number of allylic oxidation sites excluding steroid dienone is 2. The minimum Gasteiger partial charge on any atom is -0.466 e. The van der Waals surface area contributed by atoms with Gasteiger partial charge >= 0.3 is 5.97 Å². The lowest BCUT2D eigenvalue weighted by molar-refractivity contribution is -0.143. The first-order chi connectivity index (χ1) is 16.3. The number of esters is 1. The summed E-state index contributed by atoms with van der Waals surface area (Å²) < 4.78 is 5.26. The van der Waals surface area contributed by atoms with E-state index in [-0.39, 0.29) is 5.97 Å². The molecule has 0 aliphatic rings. The molecule has 0 aliphatic heterocycles. The Morgan fingerprint density at radius 3 is 1.27 bits per heavy atom. The van der Waals surface area contributed by atoms with Crippen molar-refractivity contribution in [3.63, 3.8) is 0 Å². The summed E-state index contributed by atoms with van der Waals surface area (Å²) in [6.45, 7) is 4.89. The molecule has 33 heavy (non-hydrogen) atoms. The van der Waals surface area contributed by atoms with Gasteiger partial charge in [-0.3, -0.25) is 4.79 Å². The lowest BCUT2D eigenvalue weighted by Crippen LogP contribution is -2.05. The molecule has 0 atom stereocenters. The van der Waals surface area contributed by atoms with Gasteiger partial charge in [0.15, 0.2) is 0 Å². The summed E-state index contributed by atoms with van der Waals surface area (Å²) in [6, 6.07) is 0. The van der Waals surface area contributed by atoms with Gasteiger partial charge in [0.25, 0.3) is 0 Å². The van der Waals surface area contributed by atoms with Crippen molar-refractivity contribution in [3.8, 4) is 0 Å². The number of rotatable bonds is 27. The molecule has 0 bridgehead atoms. The van der Waals surface area contributed by atoms with E-state index in [9.17, 15) is 4.79 Å². The topological polar surface area (TPSA) is 26.3 Å². The summed E-state index contributed by atoms with van der Waals surface area (Å²) in [5.74, 6) is -0.0105. The fraction of sp³-hybridized carbons (Fsp3) is 0.903. The molecule has 0 amide bonds. The van der Waals surface area contributed by atoms with Gasteiger partial charge in [-0.15, -0.1) is 0 Å². The molecule has 0 aromatic carbocycles. The van der Waals surface area contributed by atoms with Gasteiger partial charge in [0, 0.05) is 6.42 Å². The molecule has 0 fully saturated rings. The van der Waals surface area contributed by atoms with Crippen molar-refractivity contribution in [1.82, 2.24) is 0 Å². The average Bonchev–Trinajstić information content (AvgIpc) is 2.82. The third-order valence-electron chi connectivity index (χ3n) is 6.75. The van der Waals surface area contributed by atoms with Crippen LogP contribution in [-0.4, -0.2) is 12.6 Å². The van der Waals surface area contributed by atoms with Crippen LogP contribution in [0.5, 0.6) is 0 Å². The first-order valence-corrected chi connectivity index (χ1v) is 15.1. The normalized spacial score (nSPS) is 11.5. The highest BCUT2D eigenvalue weighted by molar-refractivity contribution is 5.69. The van der Waals surface area contributed by atoms with Crippen LogP contribution in [0.3, 0.4) is 0 Å². The molecular weight excluding hydrogens is 404 g/mol. The molecule has 0 spiro atoms. The summed E-state index contributed by atoms with van der Waals surface area (Å²) in [4.78, 5) is 11.6. The Hall–Kier alpha value is -0.790. The Balaban J connectivity index is 3.09. The van der Waals surface area contributed by atoms with Crippen LogP contribution in [0.2, 0.25) is 0 Å².